The van der Waals surface area contributed by atoms with Crippen molar-refractivity contribution in [3.63, 3.8) is 0 Å². The molecule has 1 radical (unpaired) electrons. The lowest BCUT2D eigenvalue weighted by atomic mass is 10.1. The van der Waals surface area contributed by atoms with Crippen LogP contribution in [0.3, 0.4) is 0 Å². The first kappa shape index (κ1) is 12.9. The molecule has 0 spiro atoms. The van der Waals surface area contributed by atoms with Gasteiger partial charge in [0.2, 0.25) is 0 Å². The van der Waals surface area contributed by atoms with Crippen molar-refractivity contribution in [1.82, 2.24) is 0 Å². The van der Waals surface area contributed by atoms with Crippen LogP contribution in [0.15, 0.2) is 0 Å². The van der Waals surface area contributed by atoms with Gasteiger partial charge in [0.15, 0.2) is 0 Å². The second kappa shape index (κ2) is 10.0. The standard InChI is InChI=1S/C11H23O2/c1-4-8-11(13-6-3)9-7-10-12-5-2/h11H,1,4-10H2,2-3H3. The van der Waals surface area contributed by atoms with Gasteiger partial charge in [-0.3, -0.25) is 0 Å². The molecule has 0 aromatic rings. The minimum absolute atomic E-state index is 0.392. The highest BCUT2D eigenvalue weighted by molar-refractivity contribution is 4.59. The average molecular weight is 187 g/mol. The normalized spacial score (nSPS) is 13.2. The van der Waals surface area contributed by atoms with Gasteiger partial charge in [-0.15, -0.1) is 0 Å². The molecule has 0 aromatic carbocycles. The van der Waals surface area contributed by atoms with Crippen molar-refractivity contribution in [2.75, 3.05) is 19.8 Å². The molecule has 0 aliphatic heterocycles. The zero-order valence-corrected chi connectivity index (χ0v) is 9.05. The van der Waals surface area contributed by atoms with E-state index in [-0.39, 0.29) is 0 Å². The molecular weight excluding hydrogens is 164 g/mol. The maximum Gasteiger partial charge on any atom is 0.0575 e. The van der Waals surface area contributed by atoms with E-state index in [9.17, 15) is 0 Å². The molecular formula is C11H23O2. The van der Waals surface area contributed by atoms with E-state index in [1.54, 1.807) is 0 Å². The molecule has 0 saturated heterocycles. The van der Waals surface area contributed by atoms with Crippen LogP contribution in [0.5, 0.6) is 0 Å². The summed E-state index contributed by atoms with van der Waals surface area (Å²) in [5, 5.41) is 0. The molecule has 2 nitrogen and oxygen atoms in total. The summed E-state index contributed by atoms with van der Waals surface area (Å²) in [7, 11) is 0. The van der Waals surface area contributed by atoms with Gasteiger partial charge < -0.3 is 9.47 Å². The van der Waals surface area contributed by atoms with Crippen LogP contribution in [-0.2, 0) is 9.47 Å². The Kier molecular flexibility index (Phi) is 9.94. The molecule has 0 saturated carbocycles. The molecule has 0 amide bonds. The monoisotopic (exact) mass is 187 g/mol. The Bertz CT molecular complexity index is 88.1. The lowest BCUT2D eigenvalue weighted by Gasteiger charge is -2.15. The molecule has 1 atom stereocenters. The van der Waals surface area contributed by atoms with Crippen LogP contribution in [0.2, 0.25) is 0 Å². The first-order valence-electron chi connectivity index (χ1n) is 5.33. The third-order valence-electron chi connectivity index (χ3n) is 1.95. The van der Waals surface area contributed by atoms with Crippen LogP contribution in [0.4, 0.5) is 0 Å². The van der Waals surface area contributed by atoms with Gasteiger partial charge in [0.25, 0.3) is 0 Å². The van der Waals surface area contributed by atoms with E-state index < -0.39 is 0 Å². The van der Waals surface area contributed by atoms with Crippen molar-refractivity contribution in [3.05, 3.63) is 6.92 Å². The molecule has 13 heavy (non-hydrogen) atoms. The predicted molar refractivity (Wildman–Crippen MR) is 55.7 cm³/mol. The van der Waals surface area contributed by atoms with E-state index in [4.69, 9.17) is 9.47 Å². The van der Waals surface area contributed by atoms with Crippen molar-refractivity contribution >= 4 is 0 Å². The van der Waals surface area contributed by atoms with Gasteiger partial charge >= 0.3 is 0 Å². The molecule has 2 heteroatoms. The van der Waals surface area contributed by atoms with Crippen LogP contribution in [0.25, 0.3) is 0 Å². The van der Waals surface area contributed by atoms with Crippen molar-refractivity contribution < 1.29 is 9.47 Å². The van der Waals surface area contributed by atoms with Crippen LogP contribution < -0.4 is 0 Å². The zero-order chi connectivity index (χ0) is 9.94. The van der Waals surface area contributed by atoms with Crippen molar-refractivity contribution in [1.29, 1.82) is 0 Å². The second-order valence-corrected chi connectivity index (χ2v) is 3.06. The van der Waals surface area contributed by atoms with Crippen LogP contribution in [-0.4, -0.2) is 25.9 Å². The molecule has 0 aliphatic carbocycles. The van der Waals surface area contributed by atoms with Gasteiger partial charge in [0.1, 0.15) is 0 Å². The predicted octanol–water partition coefficient (Wildman–Crippen LogP) is 2.82. The number of hydrogen-bond donors (Lipinski definition) is 0. The van der Waals surface area contributed by atoms with E-state index in [0.29, 0.717) is 6.10 Å². The van der Waals surface area contributed by atoms with Crippen LogP contribution in [0, 0.1) is 6.92 Å². The SMILES string of the molecule is [CH2]CCC(CCCOCC)OCC. The fourth-order valence-electron chi connectivity index (χ4n) is 1.33. The van der Waals surface area contributed by atoms with E-state index in [2.05, 4.69) is 6.92 Å². The fourth-order valence-corrected chi connectivity index (χ4v) is 1.33. The van der Waals surface area contributed by atoms with Gasteiger partial charge in [-0.25, -0.2) is 0 Å². The number of rotatable bonds is 9. The quantitative estimate of drug-likeness (QED) is 0.517. The highest BCUT2D eigenvalue weighted by atomic mass is 16.5. The Morgan fingerprint density at radius 3 is 2.46 bits per heavy atom. The largest absolute Gasteiger partial charge is 0.382 e. The minimum Gasteiger partial charge on any atom is -0.382 e. The molecule has 0 bridgehead atoms. The Morgan fingerprint density at radius 1 is 1.15 bits per heavy atom. The summed E-state index contributed by atoms with van der Waals surface area (Å²) in [5.74, 6) is 0. The van der Waals surface area contributed by atoms with Gasteiger partial charge in [0.05, 0.1) is 6.10 Å². The van der Waals surface area contributed by atoms with Gasteiger partial charge in [-0.2, -0.15) is 0 Å². The number of ether oxygens (including phenoxy) is 2. The molecule has 0 heterocycles. The molecule has 0 rings (SSSR count). The van der Waals surface area contributed by atoms with Gasteiger partial charge in [-0.05, 0) is 33.1 Å². The summed E-state index contributed by atoms with van der Waals surface area (Å²) in [6.45, 7) is 10.4. The van der Waals surface area contributed by atoms with Crippen LogP contribution in [0.1, 0.15) is 39.5 Å². The van der Waals surface area contributed by atoms with E-state index in [1.807, 2.05) is 13.8 Å². The van der Waals surface area contributed by atoms with Gasteiger partial charge in [-0.1, -0.05) is 13.3 Å². The third-order valence-corrected chi connectivity index (χ3v) is 1.95. The second-order valence-electron chi connectivity index (χ2n) is 3.06. The molecule has 1 unspecified atom stereocenters. The smallest absolute Gasteiger partial charge is 0.0575 e. The summed E-state index contributed by atoms with van der Waals surface area (Å²) in [5.41, 5.74) is 0. The Hall–Kier alpha value is -0.0800. The highest BCUT2D eigenvalue weighted by Crippen LogP contribution is 2.09. The fraction of sp³-hybridized carbons (Fsp3) is 0.909. The van der Waals surface area contributed by atoms with Crippen molar-refractivity contribution in [3.8, 4) is 0 Å². The van der Waals surface area contributed by atoms with E-state index in [1.165, 1.54) is 0 Å². The molecule has 79 valence electrons. The Morgan fingerprint density at radius 2 is 1.92 bits per heavy atom. The average Bonchev–Trinajstić information content (AvgIpc) is 2.13. The van der Waals surface area contributed by atoms with E-state index in [0.717, 1.165) is 45.5 Å². The third kappa shape index (κ3) is 8.26. The first-order valence-corrected chi connectivity index (χ1v) is 5.33. The lowest BCUT2D eigenvalue weighted by Crippen LogP contribution is -2.13. The lowest BCUT2D eigenvalue weighted by molar-refractivity contribution is 0.0414. The van der Waals surface area contributed by atoms with Crippen LogP contribution >= 0.6 is 0 Å². The summed E-state index contributed by atoms with van der Waals surface area (Å²) >= 11 is 0. The Labute approximate surface area is 82.6 Å². The minimum atomic E-state index is 0.392. The van der Waals surface area contributed by atoms with E-state index >= 15 is 0 Å². The molecule has 0 fully saturated rings. The summed E-state index contributed by atoms with van der Waals surface area (Å²) < 4.78 is 10.8. The number of hydrogen-bond acceptors (Lipinski definition) is 2. The maximum absolute atomic E-state index is 5.57. The highest BCUT2D eigenvalue weighted by Gasteiger charge is 2.05. The zero-order valence-electron chi connectivity index (χ0n) is 9.05. The van der Waals surface area contributed by atoms with Gasteiger partial charge in [0, 0.05) is 19.8 Å². The molecule has 0 N–H and O–H groups in total. The summed E-state index contributed by atoms with van der Waals surface area (Å²) in [4.78, 5) is 0. The Balaban J connectivity index is 3.33. The summed E-state index contributed by atoms with van der Waals surface area (Å²) in [6.07, 6.45) is 4.61. The molecule has 0 aliphatic rings. The first-order chi connectivity index (χ1) is 6.35. The topological polar surface area (TPSA) is 18.5 Å². The summed E-state index contributed by atoms with van der Waals surface area (Å²) in [6, 6.07) is 0. The molecule has 0 aromatic heterocycles. The maximum atomic E-state index is 5.57. The van der Waals surface area contributed by atoms with Crippen molar-refractivity contribution in [2.24, 2.45) is 0 Å². The van der Waals surface area contributed by atoms with Crippen molar-refractivity contribution in [2.45, 2.75) is 45.6 Å².